The van der Waals surface area contributed by atoms with Crippen molar-refractivity contribution >= 4 is 5.91 Å². The molecule has 5 heteroatoms. The lowest BCUT2D eigenvalue weighted by Gasteiger charge is -2.33. The molecule has 21 heavy (non-hydrogen) atoms. The van der Waals surface area contributed by atoms with Crippen LogP contribution in [0.4, 0.5) is 0 Å². The lowest BCUT2D eigenvalue weighted by molar-refractivity contribution is -0.137. The van der Waals surface area contributed by atoms with E-state index in [9.17, 15) is 4.79 Å². The average Bonchev–Trinajstić information content (AvgIpc) is 2.52. The number of carbonyl (C=O) groups excluding carboxylic acids is 1. The van der Waals surface area contributed by atoms with Crippen LogP contribution in [0.5, 0.6) is 5.88 Å². The van der Waals surface area contributed by atoms with Crippen LogP contribution < -0.4 is 10.1 Å². The molecular formula is C16H24N2O3. The molecule has 116 valence electrons. The summed E-state index contributed by atoms with van der Waals surface area (Å²) in [5.41, 5.74) is 0.881. The Kier molecular flexibility index (Phi) is 5.56. The highest BCUT2D eigenvalue weighted by Crippen LogP contribution is 2.26. The van der Waals surface area contributed by atoms with Crippen LogP contribution in [0.2, 0.25) is 0 Å². The number of rotatable bonds is 5. The zero-order chi connectivity index (χ0) is 15.2. The lowest BCUT2D eigenvalue weighted by Crippen LogP contribution is -2.43. The minimum Gasteiger partial charge on any atom is -0.481 e. The van der Waals surface area contributed by atoms with E-state index >= 15 is 0 Å². The summed E-state index contributed by atoms with van der Waals surface area (Å²) in [5, 5.41) is 2.99. The van der Waals surface area contributed by atoms with Gasteiger partial charge in [-0.2, -0.15) is 0 Å². The van der Waals surface area contributed by atoms with Crippen LogP contribution in [0, 0.1) is 11.8 Å². The quantitative estimate of drug-likeness (QED) is 0.903. The summed E-state index contributed by atoms with van der Waals surface area (Å²) >= 11 is 0. The van der Waals surface area contributed by atoms with Crippen LogP contribution in [0.3, 0.4) is 0 Å². The molecule has 1 N–H and O–H groups in total. The highest BCUT2D eigenvalue weighted by Gasteiger charge is 2.33. The van der Waals surface area contributed by atoms with Crippen LogP contribution >= 0.6 is 0 Å². The van der Waals surface area contributed by atoms with E-state index in [1.165, 1.54) is 0 Å². The van der Waals surface area contributed by atoms with Crippen LogP contribution in [-0.4, -0.2) is 30.7 Å². The van der Waals surface area contributed by atoms with E-state index in [0.717, 1.165) is 25.0 Å². The molecule has 0 unspecified atom stereocenters. The summed E-state index contributed by atoms with van der Waals surface area (Å²) in [6.07, 6.45) is 3.51. The van der Waals surface area contributed by atoms with Gasteiger partial charge in [0.2, 0.25) is 11.8 Å². The first-order valence-corrected chi connectivity index (χ1v) is 7.50. The van der Waals surface area contributed by atoms with Crippen molar-refractivity contribution in [1.29, 1.82) is 0 Å². The van der Waals surface area contributed by atoms with Gasteiger partial charge in [0.15, 0.2) is 0 Å². The zero-order valence-electron chi connectivity index (χ0n) is 13.0. The van der Waals surface area contributed by atoms with Gasteiger partial charge in [-0.1, -0.05) is 19.9 Å². The molecule has 0 saturated carbocycles. The van der Waals surface area contributed by atoms with E-state index in [-0.39, 0.29) is 17.9 Å². The Balaban J connectivity index is 1.97. The first-order chi connectivity index (χ1) is 10.1. The van der Waals surface area contributed by atoms with E-state index in [4.69, 9.17) is 9.47 Å². The maximum absolute atomic E-state index is 12.4. The fraction of sp³-hybridized carbons (Fsp3) is 0.625. The second-order valence-corrected chi connectivity index (χ2v) is 5.72. The van der Waals surface area contributed by atoms with E-state index in [1.807, 2.05) is 12.1 Å². The number of nitrogens with zero attached hydrogens (tertiary/aromatic N) is 1. The molecule has 1 aromatic heterocycles. The fourth-order valence-electron chi connectivity index (χ4n) is 2.80. The van der Waals surface area contributed by atoms with Crippen molar-refractivity contribution in [1.82, 2.24) is 10.3 Å². The van der Waals surface area contributed by atoms with Crippen molar-refractivity contribution in [3.8, 4) is 5.88 Å². The summed E-state index contributed by atoms with van der Waals surface area (Å²) in [6, 6.07) is 3.74. The fourth-order valence-corrected chi connectivity index (χ4v) is 2.80. The monoisotopic (exact) mass is 292 g/mol. The third kappa shape index (κ3) is 3.94. The maximum atomic E-state index is 12.4. The second-order valence-electron chi connectivity index (χ2n) is 5.72. The van der Waals surface area contributed by atoms with Gasteiger partial charge in [-0.25, -0.2) is 4.98 Å². The van der Waals surface area contributed by atoms with E-state index in [2.05, 4.69) is 24.1 Å². The Hall–Kier alpha value is -1.62. The predicted molar refractivity (Wildman–Crippen MR) is 79.9 cm³/mol. The summed E-state index contributed by atoms with van der Waals surface area (Å²) in [5.74, 6) is 0.882. The van der Waals surface area contributed by atoms with Gasteiger partial charge >= 0.3 is 0 Å². The molecule has 5 nitrogen and oxygen atoms in total. The summed E-state index contributed by atoms with van der Waals surface area (Å²) < 4.78 is 11.0. The van der Waals surface area contributed by atoms with Gasteiger partial charge in [-0.05, 0) is 24.8 Å². The largest absolute Gasteiger partial charge is 0.481 e. The van der Waals surface area contributed by atoms with E-state index < -0.39 is 0 Å². The number of carbonyl (C=O) groups is 1. The van der Waals surface area contributed by atoms with Gasteiger partial charge in [0.1, 0.15) is 0 Å². The molecule has 0 spiro atoms. The molecule has 1 amide bonds. The molecule has 2 rings (SSSR count). The van der Waals surface area contributed by atoms with E-state index in [0.29, 0.717) is 18.3 Å². The lowest BCUT2D eigenvalue weighted by atomic mass is 9.87. The van der Waals surface area contributed by atoms with Crippen molar-refractivity contribution in [2.75, 3.05) is 13.7 Å². The summed E-state index contributed by atoms with van der Waals surface area (Å²) in [6.45, 7) is 5.38. The predicted octanol–water partition coefficient (Wildman–Crippen LogP) is 2.16. The first kappa shape index (κ1) is 15.8. The Labute approximate surface area is 126 Å². The van der Waals surface area contributed by atoms with Gasteiger partial charge in [-0.15, -0.1) is 0 Å². The average molecular weight is 292 g/mol. The SMILES string of the molecule is COc1ncccc1CNC(=O)[C@H]1CCCO[C@@H]1C(C)C. The van der Waals surface area contributed by atoms with Crippen LogP contribution in [-0.2, 0) is 16.1 Å². The zero-order valence-corrected chi connectivity index (χ0v) is 13.0. The van der Waals surface area contributed by atoms with Crippen molar-refractivity contribution in [2.24, 2.45) is 11.8 Å². The molecule has 0 aliphatic carbocycles. The Bertz CT molecular complexity index is 476. The van der Waals surface area contributed by atoms with Crippen LogP contribution in [0.15, 0.2) is 18.3 Å². The number of aromatic nitrogens is 1. The molecule has 1 fully saturated rings. The van der Waals surface area contributed by atoms with Crippen molar-refractivity contribution < 1.29 is 14.3 Å². The van der Waals surface area contributed by atoms with Crippen molar-refractivity contribution in [3.63, 3.8) is 0 Å². The molecular weight excluding hydrogens is 268 g/mol. The normalized spacial score (nSPS) is 22.1. The first-order valence-electron chi connectivity index (χ1n) is 7.50. The van der Waals surface area contributed by atoms with Gasteiger partial charge in [0.25, 0.3) is 0 Å². The minimum absolute atomic E-state index is 0.00884. The van der Waals surface area contributed by atoms with Gasteiger partial charge < -0.3 is 14.8 Å². The smallest absolute Gasteiger partial charge is 0.226 e. The van der Waals surface area contributed by atoms with Crippen LogP contribution in [0.25, 0.3) is 0 Å². The Morgan fingerprint density at radius 1 is 1.57 bits per heavy atom. The number of hydrogen-bond donors (Lipinski definition) is 1. The third-order valence-corrected chi connectivity index (χ3v) is 3.86. The highest BCUT2D eigenvalue weighted by molar-refractivity contribution is 5.79. The Morgan fingerprint density at radius 2 is 2.38 bits per heavy atom. The van der Waals surface area contributed by atoms with Crippen molar-refractivity contribution in [3.05, 3.63) is 23.9 Å². The van der Waals surface area contributed by atoms with E-state index in [1.54, 1.807) is 13.3 Å². The number of methoxy groups -OCH3 is 1. The number of amides is 1. The highest BCUT2D eigenvalue weighted by atomic mass is 16.5. The van der Waals surface area contributed by atoms with Gasteiger partial charge in [0, 0.05) is 24.9 Å². The topological polar surface area (TPSA) is 60.5 Å². The molecule has 1 aliphatic rings. The second kappa shape index (κ2) is 7.41. The molecule has 0 bridgehead atoms. The van der Waals surface area contributed by atoms with Crippen LogP contribution in [0.1, 0.15) is 32.3 Å². The molecule has 1 saturated heterocycles. The third-order valence-electron chi connectivity index (χ3n) is 3.86. The number of pyridine rings is 1. The van der Waals surface area contributed by atoms with Gasteiger partial charge in [0.05, 0.1) is 19.1 Å². The molecule has 2 atom stereocenters. The molecule has 0 radical (unpaired) electrons. The number of hydrogen-bond acceptors (Lipinski definition) is 4. The molecule has 0 aromatic carbocycles. The maximum Gasteiger partial charge on any atom is 0.226 e. The number of nitrogens with one attached hydrogen (secondary N) is 1. The van der Waals surface area contributed by atoms with Crippen molar-refractivity contribution in [2.45, 2.75) is 39.3 Å². The molecule has 1 aromatic rings. The Morgan fingerprint density at radius 3 is 3.10 bits per heavy atom. The minimum atomic E-state index is -0.0681. The molecule has 1 aliphatic heterocycles. The molecule has 2 heterocycles. The standard InChI is InChI=1S/C16H24N2O3/c1-11(2)14-13(7-5-9-21-14)15(19)18-10-12-6-4-8-17-16(12)20-3/h4,6,8,11,13-14H,5,7,9-10H2,1-3H3,(H,18,19)/t13-,14+/m0/s1. The number of ether oxygens (including phenoxy) is 2. The summed E-state index contributed by atoms with van der Waals surface area (Å²) in [4.78, 5) is 16.6. The summed E-state index contributed by atoms with van der Waals surface area (Å²) in [7, 11) is 1.58. The van der Waals surface area contributed by atoms with Gasteiger partial charge in [-0.3, -0.25) is 4.79 Å².